The number of aromatic nitrogens is 2. The predicted octanol–water partition coefficient (Wildman–Crippen LogP) is 1.56. The number of carbonyl (C=O) groups excluding carboxylic acids is 2. The maximum atomic E-state index is 12.5. The quantitative estimate of drug-likeness (QED) is 0.771. The van der Waals surface area contributed by atoms with Crippen LogP contribution in [0.4, 0.5) is 9.93 Å². The highest BCUT2D eigenvalue weighted by Crippen LogP contribution is 2.28. The normalized spacial score (nSPS) is 13.5. The Balaban J connectivity index is 1.69. The molecule has 2 aromatic rings. The number of pyridine rings is 1. The first kappa shape index (κ1) is 17.2. The summed E-state index contributed by atoms with van der Waals surface area (Å²) in [4.78, 5) is 45.0. The summed E-state index contributed by atoms with van der Waals surface area (Å²) >= 11 is 1.37. The second-order valence-electron chi connectivity index (χ2n) is 6.06. The van der Waals surface area contributed by atoms with Crippen molar-refractivity contribution >= 4 is 28.4 Å². The average molecular weight is 361 g/mol. The monoisotopic (exact) mass is 361 g/mol. The molecule has 0 radical (unpaired) electrons. The zero-order chi connectivity index (χ0) is 18.0. The molecule has 3 heterocycles. The van der Waals surface area contributed by atoms with Gasteiger partial charge in [0.15, 0.2) is 5.13 Å². The van der Waals surface area contributed by atoms with E-state index in [-0.39, 0.29) is 23.5 Å². The van der Waals surface area contributed by atoms with Gasteiger partial charge in [-0.2, -0.15) is 0 Å². The number of nitrogens with one attached hydrogen (secondary N) is 3. The van der Waals surface area contributed by atoms with Crippen molar-refractivity contribution in [1.29, 1.82) is 0 Å². The summed E-state index contributed by atoms with van der Waals surface area (Å²) in [6, 6.07) is 2.61. The zero-order valence-corrected chi connectivity index (χ0v) is 14.8. The molecule has 0 saturated carbocycles. The number of aromatic amines is 1. The van der Waals surface area contributed by atoms with Crippen molar-refractivity contribution in [3.63, 3.8) is 0 Å². The van der Waals surface area contributed by atoms with Gasteiger partial charge >= 0.3 is 6.03 Å². The van der Waals surface area contributed by atoms with Crippen LogP contribution in [0.3, 0.4) is 0 Å². The van der Waals surface area contributed by atoms with E-state index < -0.39 is 0 Å². The first-order chi connectivity index (χ1) is 11.9. The molecule has 2 aromatic heterocycles. The highest BCUT2D eigenvalue weighted by atomic mass is 32.1. The van der Waals surface area contributed by atoms with Crippen LogP contribution >= 0.6 is 11.3 Å². The lowest BCUT2D eigenvalue weighted by Crippen LogP contribution is -2.35. The number of carbonyl (C=O) groups is 2. The largest absolute Gasteiger partial charge is 0.336 e. The first-order valence-corrected chi connectivity index (χ1v) is 8.78. The lowest BCUT2D eigenvalue weighted by Gasteiger charge is -2.26. The molecule has 1 aliphatic rings. The van der Waals surface area contributed by atoms with E-state index in [0.29, 0.717) is 30.2 Å². The van der Waals surface area contributed by atoms with Crippen molar-refractivity contribution < 1.29 is 9.59 Å². The molecule has 0 bridgehead atoms. The number of fused-ring (bicyclic) bond motifs is 1. The van der Waals surface area contributed by atoms with Crippen molar-refractivity contribution in [2.75, 3.05) is 11.9 Å². The molecule has 0 atom stereocenters. The molecule has 0 aliphatic carbocycles. The third kappa shape index (κ3) is 4.05. The molecular formula is C16H19N5O3S. The summed E-state index contributed by atoms with van der Waals surface area (Å²) in [6.45, 7) is 4.75. The molecule has 3 amide bonds. The lowest BCUT2D eigenvalue weighted by molar-refractivity contribution is 0.0735. The van der Waals surface area contributed by atoms with Crippen molar-refractivity contribution in [3.05, 3.63) is 44.8 Å². The van der Waals surface area contributed by atoms with Crippen LogP contribution in [0.15, 0.2) is 23.1 Å². The Hall–Kier alpha value is -2.68. The topological polar surface area (TPSA) is 107 Å². The molecule has 0 fully saturated rings. The Kier molecular flexibility index (Phi) is 4.84. The van der Waals surface area contributed by atoms with Crippen LogP contribution in [0.2, 0.25) is 0 Å². The fraction of sp³-hybridized carbons (Fsp3) is 0.375. The Morgan fingerprint density at radius 1 is 1.36 bits per heavy atom. The number of amides is 3. The fourth-order valence-electron chi connectivity index (χ4n) is 2.54. The van der Waals surface area contributed by atoms with E-state index in [1.807, 2.05) is 13.8 Å². The van der Waals surface area contributed by atoms with Crippen molar-refractivity contribution in [2.45, 2.75) is 32.9 Å². The number of nitrogens with zero attached hydrogens (tertiary/aromatic N) is 2. The van der Waals surface area contributed by atoms with Gasteiger partial charge in [-0.15, -0.1) is 0 Å². The molecule has 3 N–H and O–H groups in total. The Bertz CT molecular complexity index is 837. The van der Waals surface area contributed by atoms with Gasteiger partial charge in [0.05, 0.1) is 17.8 Å². The van der Waals surface area contributed by atoms with Crippen molar-refractivity contribution in [2.24, 2.45) is 0 Å². The van der Waals surface area contributed by atoms with Gasteiger partial charge in [-0.25, -0.2) is 9.78 Å². The van der Waals surface area contributed by atoms with Crippen LogP contribution in [-0.4, -0.2) is 39.4 Å². The van der Waals surface area contributed by atoms with E-state index in [9.17, 15) is 14.4 Å². The maximum Gasteiger partial charge on any atom is 0.321 e. The SMILES string of the molecule is CC(C)NC(=O)Nc1nc2c(s1)CN(C(=O)c1ccc(=O)[nH]c1)CC2. The number of H-pyrrole nitrogens is 1. The third-order valence-electron chi connectivity index (χ3n) is 3.69. The molecule has 8 nitrogen and oxygen atoms in total. The zero-order valence-electron chi connectivity index (χ0n) is 14.0. The van der Waals surface area contributed by atoms with Gasteiger partial charge in [-0.05, 0) is 19.9 Å². The Morgan fingerprint density at radius 2 is 2.16 bits per heavy atom. The molecule has 3 rings (SSSR count). The number of urea groups is 1. The summed E-state index contributed by atoms with van der Waals surface area (Å²) in [6.07, 6.45) is 2.06. The Morgan fingerprint density at radius 3 is 2.84 bits per heavy atom. The van der Waals surface area contributed by atoms with Gasteiger partial charge in [-0.1, -0.05) is 11.3 Å². The van der Waals surface area contributed by atoms with Crippen LogP contribution in [0.1, 0.15) is 34.8 Å². The number of thiazole rings is 1. The molecule has 9 heteroatoms. The summed E-state index contributed by atoms with van der Waals surface area (Å²) in [5.74, 6) is -0.137. The minimum absolute atomic E-state index is 0.0417. The second-order valence-corrected chi connectivity index (χ2v) is 7.14. The first-order valence-electron chi connectivity index (χ1n) is 7.96. The maximum absolute atomic E-state index is 12.5. The third-order valence-corrected chi connectivity index (χ3v) is 4.69. The molecule has 25 heavy (non-hydrogen) atoms. The molecular weight excluding hydrogens is 342 g/mol. The number of hydrogen-bond acceptors (Lipinski definition) is 5. The molecule has 0 saturated heterocycles. The number of hydrogen-bond donors (Lipinski definition) is 3. The van der Waals surface area contributed by atoms with Crippen LogP contribution in [-0.2, 0) is 13.0 Å². The Labute approximate surface area is 148 Å². The van der Waals surface area contributed by atoms with Crippen molar-refractivity contribution in [1.82, 2.24) is 20.2 Å². The van der Waals surface area contributed by atoms with Gasteiger partial charge < -0.3 is 15.2 Å². The van der Waals surface area contributed by atoms with Gasteiger partial charge in [0.2, 0.25) is 5.56 Å². The van der Waals surface area contributed by atoms with Crippen LogP contribution in [0.25, 0.3) is 0 Å². The van der Waals surface area contributed by atoms with E-state index >= 15 is 0 Å². The van der Waals surface area contributed by atoms with E-state index in [2.05, 4.69) is 20.6 Å². The van der Waals surface area contributed by atoms with Gasteiger partial charge in [-0.3, -0.25) is 14.9 Å². The standard InChI is InChI=1S/C16H19N5O3S/c1-9(2)18-15(24)20-16-19-11-5-6-21(8-12(11)25-16)14(23)10-3-4-13(22)17-7-10/h3-4,7,9H,5-6,8H2,1-2H3,(H,17,22)(H2,18,19,20,24). The fourth-order valence-corrected chi connectivity index (χ4v) is 3.56. The van der Waals surface area contributed by atoms with Gasteiger partial charge in [0.1, 0.15) is 0 Å². The smallest absolute Gasteiger partial charge is 0.321 e. The highest BCUT2D eigenvalue weighted by Gasteiger charge is 2.25. The predicted molar refractivity (Wildman–Crippen MR) is 94.9 cm³/mol. The summed E-state index contributed by atoms with van der Waals surface area (Å²) in [5.41, 5.74) is 1.12. The summed E-state index contributed by atoms with van der Waals surface area (Å²) in [5, 5.41) is 6.00. The van der Waals surface area contributed by atoms with Crippen molar-refractivity contribution in [3.8, 4) is 0 Å². The number of anilines is 1. The molecule has 0 aromatic carbocycles. The van der Waals surface area contributed by atoms with Crippen LogP contribution in [0.5, 0.6) is 0 Å². The lowest BCUT2D eigenvalue weighted by atomic mass is 10.1. The highest BCUT2D eigenvalue weighted by molar-refractivity contribution is 7.15. The van der Waals surface area contributed by atoms with Gasteiger partial charge in [0.25, 0.3) is 5.91 Å². The van der Waals surface area contributed by atoms with Crippen LogP contribution in [0, 0.1) is 0 Å². The van der Waals surface area contributed by atoms with Crippen LogP contribution < -0.4 is 16.2 Å². The molecule has 132 valence electrons. The summed E-state index contributed by atoms with van der Waals surface area (Å²) < 4.78 is 0. The minimum Gasteiger partial charge on any atom is -0.336 e. The molecule has 0 unspecified atom stereocenters. The average Bonchev–Trinajstić information content (AvgIpc) is 2.95. The second kappa shape index (κ2) is 7.06. The van der Waals surface area contributed by atoms with Gasteiger partial charge in [0, 0.05) is 36.1 Å². The molecule has 0 spiro atoms. The van der Waals surface area contributed by atoms with E-state index in [1.165, 1.54) is 29.7 Å². The van der Waals surface area contributed by atoms with E-state index in [0.717, 1.165) is 10.6 Å². The molecule has 1 aliphatic heterocycles. The summed E-state index contributed by atoms with van der Waals surface area (Å²) in [7, 11) is 0. The van der Waals surface area contributed by atoms with E-state index in [4.69, 9.17) is 0 Å². The number of rotatable bonds is 3. The minimum atomic E-state index is -0.290. The van der Waals surface area contributed by atoms with E-state index in [1.54, 1.807) is 4.90 Å².